The molecule has 0 radical (unpaired) electrons. The highest BCUT2D eigenvalue weighted by atomic mass is 35.5. The van der Waals surface area contributed by atoms with Crippen molar-refractivity contribution >= 4 is 35.8 Å². The fourth-order valence-electron chi connectivity index (χ4n) is 5.74. The zero-order valence-corrected chi connectivity index (χ0v) is 21.1. The molecule has 1 aliphatic carbocycles. The first-order valence-corrected chi connectivity index (χ1v) is 12.7. The zero-order valence-electron chi connectivity index (χ0n) is 20.2. The number of amides is 1. The number of anilines is 3. The molecule has 1 amide bonds. The topological polar surface area (TPSA) is 126 Å². The van der Waals surface area contributed by atoms with Gasteiger partial charge in [-0.3, -0.25) is 4.79 Å². The first-order chi connectivity index (χ1) is 16.6. The Bertz CT molecular complexity index is 989. The summed E-state index contributed by atoms with van der Waals surface area (Å²) in [5.41, 5.74) is 13.9. The summed E-state index contributed by atoms with van der Waals surface area (Å²) in [4.78, 5) is 21.2. The molecule has 1 aromatic heterocycles. The number of carbonyl (C=O) groups excluding carboxylic acids is 1. The Morgan fingerprint density at radius 2 is 1.66 bits per heavy atom. The third-order valence-corrected chi connectivity index (χ3v) is 7.67. The number of piperidine rings is 2. The van der Waals surface area contributed by atoms with E-state index in [4.69, 9.17) is 11.5 Å². The highest BCUT2D eigenvalue weighted by Crippen LogP contribution is 2.33. The predicted octanol–water partition coefficient (Wildman–Crippen LogP) is 3.19. The molecule has 3 heterocycles. The summed E-state index contributed by atoms with van der Waals surface area (Å²) in [5.74, 6) is 0.737. The van der Waals surface area contributed by atoms with Gasteiger partial charge >= 0.3 is 0 Å². The minimum atomic E-state index is -0.657. The Hall–Kier alpha value is -2.49. The highest BCUT2D eigenvalue weighted by molar-refractivity contribution is 5.96. The van der Waals surface area contributed by atoms with Crippen LogP contribution in [0.15, 0.2) is 24.3 Å². The molecule has 5 rings (SSSR count). The average Bonchev–Trinajstić information content (AvgIpc) is 3.40. The van der Waals surface area contributed by atoms with Crippen LogP contribution in [-0.4, -0.2) is 64.3 Å². The second kappa shape index (κ2) is 11.5. The minimum absolute atomic E-state index is 0. The number of aromatic nitrogens is 3. The lowest BCUT2D eigenvalue weighted by Gasteiger charge is -2.36. The number of hydrogen-bond acceptors (Lipinski definition) is 8. The molecule has 10 heteroatoms. The lowest BCUT2D eigenvalue weighted by Crippen LogP contribution is -2.43. The van der Waals surface area contributed by atoms with Gasteiger partial charge in [-0.1, -0.05) is 25.0 Å². The maximum Gasteiger partial charge on any atom is 0.273 e. The fraction of sp³-hybridized carbons (Fsp3) is 0.600. The number of nitrogens with one attached hydrogen (secondary N) is 1. The third kappa shape index (κ3) is 6.02. The molecule has 190 valence electrons. The van der Waals surface area contributed by atoms with Crippen molar-refractivity contribution in [2.24, 2.45) is 11.5 Å². The summed E-state index contributed by atoms with van der Waals surface area (Å²) in [6.07, 6.45) is 9.94. The molecule has 3 aliphatic rings. The van der Waals surface area contributed by atoms with Crippen molar-refractivity contribution in [3.05, 3.63) is 35.5 Å². The smallest absolute Gasteiger partial charge is 0.273 e. The molecular weight excluding hydrogens is 464 g/mol. The molecule has 2 aliphatic heterocycles. The van der Waals surface area contributed by atoms with Gasteiger partial charge in [0.05, 0.1) is 0 Å². The molecule has 9 nitrogen and oxygen atoms in total. The van der Waals surface area contributed by atoms with Gasteiger partial charge in [0, 0.05) is 30.9 Å². The SMILES string of the molecule is Cl.NC(=O)c1nnc(N2CCCC(N)C2)nc1Nc1ccc(C2CCN(C3CCCC3)CC2)cc1. The molecule has 1 aromatic carbocycles. The van der Waals surface area contributed by atoms with E-state index in [-0.39, 0.29) is 24.1 Å². The number of nitrogens with two attached hydrogens (primary N) is 2. The number of halogens is 1. The van der Waals surface area contributed by atoms with E-state index in [2.05, 4.69) is 37.5 Å². The van der Waals surface area contributed by atoms with E-state index < -0.39 is 5.91 Å². The van der Waals surface area contributed by atoms with Crippen LogP contribution in [0.25, 0.3) is 0 Å². The second-order valence-electron chi connectivity index (χ2n) is 10.0. The molecular formula is C25H37ClN8O. The highest BCUT2D eigenvalue weighted by Gasteiger charge is 2.28. The number of benzene rings is 1. The van der Waals surface area contributed by atoms with Crippen molar-refractivity contribution in [2.45, 2.75) is 69.4 Å². The Morgan fingerprint density at radius 3 is 2.31 bits per heavy atom. The second-order valence-corrected chi connectivity index (χ2v) is 10.0. The molecule has 0 bridgehead atoms. The van der Waals surface area contributed by atoms with Crippen LogP contribution in [-0.2, 0) is 0 Å². The van der Waals surface area contributed by atoms with Crippen molar-refractivity contribution in [3.63, 3.8) is 0 Å². The van der Waals surface area contributed by atoms with Crippen LogP contribution in [0, 0.1) is 0 Å². The van der Waals surface area contributed by atoms with Gasteiger partial charge in [0.15, 0.2) is 11.5 Å². The summed E-state index contributed by atoms with van der Waals surface area (Å²) in [7, 11) is 0. The summed E-state index contributed by atoms with van der Waals surface area (Å²) >= 11 is 0. The lowest BCUT2D eigenvalue weighted by molar-refractivity contribution is 0.0995. The first-order valence-electron chi connectivity index (χ1n) is 12.7. The standard InChI is InChI=1S/C25H36N8O.ClH/c26-19-4-3-13-33(16-19)25-29-24(22(23(27)34)30-31-25)28-20-9-7-17(8-10-20)18-11-14-32(15-12-18)21-5-1-2-6-21;/h7-10,18-19,21H,1-6,11-16,26H2,(H2,27,34)(H,28,29,31);1H. The van der Waals surface area contributed by atoms with Crippen molar-refractivity contribution in [1.82, 2.24) is 20.1 Å². The normalized spacial score (nSPS) is 22.1. The van der Waals surface area contributed by atoms with Crippen LogP contribution in [0.4, 0.5) is 17.5 Å². The van der Waals surface area contributed by atoms with Gasteiger partial charge in [0.2, 0.25) is 5.95 Å². The van der Waals surface area contributed by atoms with Crippen molar-refractivity contribution in [2.75, 3.05) is 36.4 Å². The van der Waals surface area contributed by atoms with Crippen LogP contribution >= 0.6 is 12.4 Å². The van der Waals surface area contributed by atoms with E-state index in [1.54, 1.807) is 0 Å². The van der Waals surface area contributed by atoms with Crippen LogP contribution in [0.5, 0.6) is 0 Å². The molecule has 2 aromatic rings. The van der Waals surface area contributed by atoms with E-state index in [0.717, 1.165) is 31.1 Å². The quantitative estimate of drug-likeness (QED) is 0.552. The van der Waals surface area contributed by atoms with Gasteiger partial charge in [0.1, 0.15) is 0 Å². The number of carbonyl (C=O) groups is 1. The number of nitrogens with zero attached hydrogens (tertiary/aromatic N) is 5. The largest absolute Gasteiger partial charge is 0.364 e. The van der Waals surface area contributed by atoms with E-state index >= 15 is 0 Å². The Morgan fingerprint density at radius 1 is 0.943 bits per heavy atom. The number of primary amides is 1. The molecule has 0 spiro atoms. The molecule has 1 saturated carbocycles. The van der Waals surface area contributed by atoms with Crippen molar-refractivity contribution in [3.8, 4) is 0 Å². The summed E-state index contributed by atoms with van der Waals surface area (Å²) in [6.45, 7) is 3.89. The van der Waals surface area contributed by atoms with Gasteiger partial charge in [-0.15, -0.1) is 22.6 Å². The summed E-state index contributed by atoms with van der Waals surface area (Å²) in [6, 6.07) is 9.36. The van der Waals surface area contributed by atoms with Gasteiger partial charge in [-0.05, 0) is 75.2 Å². The maximum atomic E-state index is 11.9. The molecule has 5 N–H and O–H groups in total. The van der Waals surface area contributed by atoms with Gasteiger partial charge in [-0.25, -0.2) is 0 Å². The van der Waals surface area contributed by atoms with Gasteiger partial charge in [-0.2, -0.15) is 4.98 Å². The Balaban J connectivity index is 0.00000289. The molecule has 1 atom stereocenters. The maximum absolute atomic E-state index is 11.9. The monoisotopic (exact) mass is 500 g/mol. The lowest BCUT2D eigenvalue weighted by atomic mass is 9.88. The molecule has 2 saturated heterocycles. The Labute approximate surface area is 213 Å². The van der Waals surface area contributed by atoms with Crippen molar-refractivity contribution in [1.29, 1.82) is 0 Å². The molecule has 3 fully saturated rings. The first kappa shape index (κ1) is 25.6. The number of likely N-dealkylation sites (tertiary alicyclic amines) is 1. The molecule has 35 heavy (non-hydrogen) atoms. The predicted molar refractivity (Wildman–Crippen MR) is 141 cm³/mol. The molecule has 1 unspecified atom stereocenters. The van der Waals surface area contributed by atoms with Crippen LogP contribution in [0.1, 0.15) is 73.3 Å². The van der Waals surface area contributed by atoms with E-state index in [0.29, 0.717) is 24.2 Å². The Kier molecular flexibility index (Phi) is 8.41. The van der Waals surface area contributed by atoms with Crippen LogP contribution in [0.3, 0.4) is 0 Å². The van der Waals surface area contributed by atoms with E-state index in [9.17, 15) is 4.79 Å². The fourth-order valence-corrected chi connectivity index (χ4v) is 5.74. The van der Waals surface area contributed by atoms with E-state index in [1.165, 1.54) is 57.2 Å². The van der Waals surface area contributed by atoms with Gasteiger partial charge < -0.3 is 26.6 Å². The third-order valence-electron chi connectivity index (χ3n) is 7.67. The zero-order chi connectivity index (χ0) is 23.5. The van der Waals surface area contributed by atoms with Gasteiger partial charge in [0.25, 0.3) is 5.91 Å². The summed E-state index contributed by atoms with van der Waals surface area (Å²) in [5, 5.41) is 11.4. The van der Waals surface area contributed by atoms with E-state index in [1.807, 2.05) is 17.0 Å². The van der Waals surface area contributed by atoms with Crippen LogP contribution in [0.2, 0.25) is 0 Å². The number of rotatable bonds is 6. The minimum Gasteiger partial charge on any atom is -0.364 e. The average molecular weight is 501 g/mol. The van der Waals surface area contributed by atoms with Crippen LogP contribution < -0.4 is 21.7 Å². The number of hydrogen-bond donors (Lipinski definition) is 3. The van der Waals surface area contributed by atoms with Crippen molar-refractivity contribution < 1.29 is 4.79 Å². The summed E-state index contributed by atoms with van der Waals surface area (Å²) < 4.78 is 0.